The van der Waals surface area contributed by atoms with Crippen molar-refractivity contribution in [2.75, 3.05) is 18.2 Å². The highest BCUT2D eigenvalue weighted by atomic mass is 16.5. The highest BCUT2D eigenvalue weighted by Crippen LogP contribution is 2.27. The van der Waals surface area contributed by atoms with Crippen molar-refractivity contribution in [2.45, 2.75) is 13.5 Å². The maximum Gasteiger partial charge on any atom is 0.412 e. The van der Waals surface area contributed by atoms with E-state index < -0.39 is 6.09 Å². The molecule has 3 aromatic rings. The number of methoxy groups -OCH3 is 1. The normalized spacial score (nSPS) is 10.8. The Bertz CT molecular complexity index is 927. The van der Waals surface area contributed by atoms with Crippen LogP contribution in [0.4, 0.5) is 16.3 Å². The Hall–Kier alpha value is -3.36. The largest absolute Gasteiger partial charge is 0.453 e. The number of benzene rings is 1. The summed E-state index contributed by atoms with van der Waals surface area (Å²) in [4.78, 5) is 23.8. The van der Waals surface area contributed by atoms with Crippen LogP contribution in [0, 0.1) is 6.92 Å². The molecule has 2 heterocycles. The minimum absolute atomic E-state index is 0.0468. The van der Waals surface area contributed by atoms with Crippen molar-refractivity contribution in [3.63, 3.8) is 0 Å². The zero-order valence-electron chi connectivity index (χ0n) is 13.2. The summed E-state index contributed by atoms with van der Waals surface area (Å²) >= 11 is 0. The third kappa shape index (κ3) is 2.67. The van der Waals surface area contributed by atoms with Gasteiger partial charge in [0.2, 0.25) is 0 Å². The van der Waals surface area contributed by atoms with E-state index in [9.17, 15) is 9.59 Å². The summed E-state index contributed by atoms with van der Waals surface area (Å²) in [6.45, 7) is 1.74. The van der Waals surface area contributed by atoms with E-state index in [-0.39, 0.29) is 18.3 Å². The van der Waals surface area contributed by atoms with Crippen molar-refractivity contribution < 1.29 is 14.3 Å². The Morgan fingerprint density at radius 2 is 2.08 bits per heavy atom. The molecule has 0 spiro atoms. The van der Waals surface area contributed by atoms with Crippen LogP contribution in [0.25, 0.3) is 10.9 Å². The van der Waals surface area contributed by atoms with Gasteiger partial charge in [-0.15, -0.1) is 5.10 Å². The third-order valence-electron chi connectivity index (χ3n) is 3.66. The number of fused-ring (bicyclic) bond motifs is 1. The first-order valence-corrected chi connectivity index (χ1v) is 7.15. The second-order valence-electron chi connectivity index (χ2n) is 5.16. The van der Waals surface area contributed by atoms with Crippen molar-refractivity contribution in [1.29, 1.82) is 0 Å². The Morgan fingerprint density at radius 3 is 2.83 bits per heavy atom. The van der Waals surface area contributed by atoms with E-state index in [1.165, 1.54) is 18.0 Å². The van der Waals surface area contributed by atoms with Crippen LogP contribution in [-0.4, -0.2) is 38.7 Å². The van der Waals surface area contributed by atoms with Gasteiger partial charge in [0.15, 0.2) is 5.82 Å². The molecule has 0 atom stereocenters. The average Bonchev–Trinajstić information content (AvgIpc) is 3.11. The molecule has 0 saturated carbocycles. The van der Waals surface area contributed by atoms with Gasteiger partial charge in [0.05, 0.1) is 24.5 Å². The van der Waals surface area contributed by atoms with E-state index in [2.05, 4.69) is 20.4 Å². The van der Waals surface area contributed by atoms with Crippen LogP contribution < -0.4 is 11.1 Å². The van der Waals surface area contributed by atoms with Gasteiger partial charge >= 0.3 is 6.09 Å². The number of carbonyl (C=O) groups is 2. The summed E-state index contributed by atoms with van der Waals surface area (Å²) in [5, 5.41) is 10.8. The Morgan fingerprint density at radius 1 is 1.33 bits per heavy atom. The van der Waals surface area contributed by atoms with Gasteiger partial charge in [-0.25, -0.2) is 9.48 Å². The summed E-state index contributed by atoms with van der Waals surface area (Å²) in [6, 6.07) is 7.42. The Balaban J connectivity index is 1.86. The average molecular weight is 328 g/mol. The monoisotopic (exact) mass is 328 g/mol. The quantitative estimate of drug-likeness (QED) is 0.755. The molecular weight excluding hydrogens is 312 g/mol. The maximum atomic E-state index is 12.7. The second-order valence-corrected chi connectivity index (χ2v) is 5.16. The molecule has 24 heavy (non-hydrogen) atoms. The molecule has 0 unspecified atom stereocenters. The van der Waals surface area contributed by atoms with Crippen molar-refractivity contribution in [1.82, 2.24) is 19.6 Å². The van der Waals surface area contributed by atoms with Gasteiger partial charge in [0, 0.05) is 11.1 Å². The number of hydrogen-bond donors (Lipinski definition) is 2. The lowest BCUT2D eigenvalue weighted by molar-refractivity contribution is 0.0889. The first-order valence-electron chi connectivity index (χ1n) is 7.15. The number of anilines is 2. The summed E-state index contributed by atoms with van der Waals surface area (Å²) < 4.78 is 7.36. The van der Waals surface area contributed by atoms with E-state index >= 15 is 0 Å². The molecule has 3 rings (SSSR count). The van der Waals surface area contributed by atoms with Gasteiger partial charge in [0.25, 0.3) is 5.91 Å². The predicted octanol–water partition coefficient (Wildman–Crippen LogP) is 1.64. The lowest BCUT2D eigenvalue weighted by Gasteiger charge is -2.06. The summed E-state index contributed by atoms with van der Waals surface area (Å²) in [7, 11) is 1.24. The molecule has 0 saturated heterocycles. The number of rotatable bonds is 3. The van der Waals surface area contributed by atoms with Crippen LogP contribution in [0.15, 0.2) is 30.5 Å². The van der Waals surface area contributed by atoms with E-state index in [1.807, 2.05) is 24.3 Å². The zero-order valence-corrected chi connectivity index (χ0v) is 13.2. The fourth-order valence-corrected chi connectivity index (χ4v) is 2.51. The Kier molecular flexibility index (Phi) is 3.90. The van der Waals surface area contributed by atoms with E-state index in [0.29, 0.717) is 11.4 Å². The van der Waals surface area contributed by atoms with E-state index in [4.69, 9.17) is 5.73 Å². The first kappa shape index (κ1) is 15.5. The minimum Gasteiger partial charge on any atom is -0.453 e. The molecule has 0 aliphatic carbocycles. The van der Waals surface area contributed by atoms with Crippen LogP contribution in [0.1, 0.15) is 10.5 Å². The summed E-state index contributed by atoms with van der Waals surface area (Å²) in [6.07, 6.45) is 0.785. The van der Waals surface area contributed by atoms with Gasteiger partial charge < -0.3 is 10.5 Å². The van der Waals surface area contributed by atoms with Gasteiger partial charge in [-0.1, -0.05) is 23.4 Å². The van der Waals surface area contributed by atoms with Crippen molar-refractivity contribution >= 4 is 34.4 Å². The van der Waals surface area contributed by atoms with Crippen LogP contribution in [0.2, 0.25) is 0 Å². The number of nitrogen functional groups attached to an aromatic ring is 1. The van der Waals surface area contributed by atoms with E-state index in [0.717, 1.165) is 10.9 Å². The fraction of sp³-hybridized carbons (Fsp3) is 0.200. The molecule has 124 valence electrons. The highest BCUT2D eigenvalue weighted by Gasteiger charge is 2.17. The van der Waals surface area contributed by atoms with Gasteiger partial charge in [-0.3, -0.25) is 14.7 Å². The minimum atomic E-state index is -0.659. The number of amides is 1. The molecule has 1 aromatic carbocycles. The van der Waals surface area contributed by atoms with Gasteiger partial charge in [-0.05, 0) is 13.0 Å². The number of ether oxygens (including phenoxy) is 1. The number of aromatic nitrogens is 4. The maximum absolute atomic E-state index is 12.7. The Labute approximate surface area is 137 Å². The zero-order chi connectivity index (χ0) is 17.3. The van der Waals surface area contributed by atoms with Crippen LogP contribution in [-0.2, 0) is 11.3 Å². The number of hydrogen-bond acceptors (Lipinski definition) is 6. The molecule has 3 N–H and O–H groups in total. The molecule has 0 radical (unpaired) electrons. The SMILES string of the molecule is COC(=O)Nc1cn(CC(=O)n2c(C)c(N)c3ccccc32)nn1. The fourth-order valence-electron chi connectivity index (χ4n) is 2.51. The smallest absolute Gasteiger partial charge is 0.412 e. The molecular formula is C15H16N6O3. The van der Waals surface area contributed by atoms with Crippen LogP contribution >= 0.6 is 0 Å². The second kappa shape index (κ2) is 6.03. The molecule has 0 bridgehead atoms. The van der Waals surface area contributed by atoms with Gasteiger partial charge in [-0.2, -0.15) is 0 Å². The lowest BCUT2D eigenvalue weighted by atomic mass is 10.2. The number of para-hydroxylation sites is 1. The molecule has 0 aliphatic heterocycles. The molecule has 9 nitrogen and oxygen atoms in total. The molecule has 1 amide bonds. The molecule has 2 aromatic heterocycles. The van der Waals surface area contributed by atoms with Crippen molar-refractivity contribution in [3.8, 4) is 0 Å². The highest BCUT2D eigenvalue weighted by molar-refractivity contribution is 6.01. The van der Waals surface area contributed by atoms with Gasteiger partial charge in [0.1, 0.15) is 6.54 Å². The predicted molar refractivity (Wildman–Crippen MR) is 87.8 cm³/mol. The third-order valence-corrected chi connectivity index (χ3v) is 3.66. The number of nitrogens with one attached hydrogen (secondary N) is 1. The number of carbonyl (C=O) groups excluding carboxylic acids is 2. The summed E-state index contributed by atoms with van der Waals surface area (Å²) in [5.41, 5.74) is 8.07. The van der Waals surface area contributed by atoms with E-state index in [1.54, 1.807) is 11.5 Å². The molecule has 9 heteroatoms. The first-order chi connectivity index (χ1) is 11.5. The van der Waals surface area contributed by atoms with Crippen LogP contribution in [0.5, 0.6) is 0 Å². The standard InChI is InChI=1S/C15H16N6O3/c1-9-14(16)10-5-3-4-6-11(10)21(9)13(22)8-20-7-12(18-19-20)17-15(23)24-2/h3-7H,8,16H2,1-2H3,(H,17,23). The number of nitrogens with two attached hydrogens (primary N) is 1. The van der Waals surface area contributed by atoms with Crippen molar-refractivity contribution in [2.24, 2.45) is 0 Å². The topological polar surface area (TPSA) is 117 Å². The van der Waals surface area contributed by atoms with Crippen LogP contribution in [0.3, 0.4) is 0 Å². The molecule has 0 aliphatic rings. The van der Waals surface area contributed by atoms with Crippen molar-refractivity contribution in [3.05, 3.63) is 36.2 Å². The number of nitrogens with zero attached hydrogens (tertiary/aromatic N) is 4. The summed E-state index contributed by atoms with van der Waals surface area (Å²) in [5.74, 6) is -0.0156. The molecule has 0 fully saturated rings. The lowest BCUT2D eigenvalue weighted by Crippen LogP contribution is -2.19.